The highest BCUT2D eigenvalue weighted by atomic mass is 79.9. The summed E-state index contributed by atoms with van der Waals surface area (Å²) in [7, 11) is 0. The number of aryl methyl sites for hydroxylation is 1. The van der Waals surface area contributed by atoms with Crippen molar-refractivity contribution in [1.29, 1.82) is 0 Å². The van der Waals surface area contributed by atoms with E-state index in [1.807, 2.05) is 41.8 Å². The zero-order valence-electron chi connectivity index (χ0n) is 10.4. The Kier molecular flexibility index (Phi) is 3.67. The lowest BCUT2D eigenvalue weighted by atomic mass is 10.2. The third-order valence-corrected chi connectivity index (χ3v) is 4.68. The number of fused-ring (bicyclic) bond motifs is 1. The Balaban J connectivity index is 2.38. The van der Waals surface area contributed by atoms with Crippen molar-refractivity contribution in [2.24, 2.45) is 0 Å². The number of benzene rings is 2. The summed E-state index contributed by atoms with van der Waals surface area (Å²) in [6.07, 6.45) is 0. The lowest BCUT2D eigenvalue weighted by molar-refractivity contribution is 1.05. The number of H-pyrrole nitrogens is 1. The van der Waals surface area contributed by atoms with Crippen LogP contribution >= 0.6 is 51.3 Å². The van der Waals surface area contributed by atoms with E-state index in [2.05, 4.69) is 20.9 Å². The number of nitrogens with zero attached hydrogens (tertiary/aromatic N) is 1. The van der Waals surface area contributed by atoms with Crippen LogP contribution in [0.25, 0.3) is 16.7 Å². The molecule has 3 rings (SSSR count). The highest BCUT2D eigenvalue weighted by Gasteiger charge is 2.11. The van der Waals surface area contributed by atoms with Gasteiger partial charge in [-0.1, -0.05) is 23.2 Å². The highest BCUT2D eigenvalue weighted by molar-refractivity contribution is 9.10. The molecule has 0 aliphatic carbocycles. The molecule has 0 spiro atoms. The van der Waals surface area contributed by atoms with Gasteiger partial charge in [0.25, 0.3) is 0 Å². The van der Waals surface area contributed by atoms with Gasteiger partial charge < -0.3 is 4.98 Å². The number of hydrogen-bond acceptors (Lipinski definition) is 1. The minimum atomic E-state index is 0.600. The summed E-state index contributed by atoms with van der Waals surface area (Å²) in [5, 5.41) is 1.37. The molecule has 0 atom stereocenters. The van der Waals surface area contributed by atoms with E-state index >= 15 is 0 Å². The summed E-state index contributed by atoms with van der Waals surface area (Å²) in [6.45, 7) is 1.96. The summed E-state index contributed by atoms with van der Waals surface area (Å²) in [5.74, 6) is 0. The molecule has 20 heavy (non-hydrogen) atoms. The monoisotopic (exact) mass is 386 g/mol. The molecule has 0 unspecified atom stereocenters. The maximum absolute atomic E-state index is 6.23. The largest absolute Gasteiger partial charge is 0.330 e. The lowest BCUT2D eigenvalue weighted by Crippen LogP contribution is -1.96. The van der Waals surface area contributed by atoms with E-state index in [4.69, 9.17) is 35.4 Å². The van der Waals surface area contributed by atoms with Crippen LogP contribution in [0.2, 0.25) is 10.0 Å². The van der Waals surface area contributed by atoms with Gasteiger partial charge in [0, 0.05) is 14.5 Å². The van der Waals surface area contributed by atoms with Gasteiger partial charge in [0.1, 0.15) is 0 Å². The van der Waals surface area contributed by atoms with Crippen LogP contribution in [-0.2, 0) is 0 Å². The van der Waals surface area contributed by atoms with Crippen molar-refractivity contribution in [2.75, 3.05) is 0 Å². The van der Waals surface area contributed by atoms with Gasteiger partial charge in [0.15, 0.2) is 4.77 Å². The van der Waals surface area contributed by atoms with Crippen molar-refractivity contribution in [3.63, 3.8) is 0 Å². The summed E-state index contributed by atoms with van der Waals surface area (Å²) in [6, 6.07) is 9.51. The van der Waals surface area contributed by atoms with Crippen molar-refractivity contribution in [1.82, 2.24) is 9.55 Å². The molecule has 3 aromatic rings. The molecule has 0 bridgehead atoms. The molecular weight excluding hydrogens is 379 g/mol. The molecule has 0 radical (unpaired) electrons. The number of aromatic nitrogens is 2. The topological polar surface area (TPSA) is 20.7 Å². The van der Waals surface area contributed by atoms with Crippen LogP contribution in [0.1, 0.15) is 5.56 Å². The average molecular weight is 388 g/mol. The van der Waals surface area contributed by atoms with Gasteiger partial charge in [0.05, 0.1) is 16.7 Å². The molecule has 0 saturated heterocycles. The van der Waals surface area contributed by atoms with Crippen LogP contribution in [0, 0.1) is 11.7 Å². The summed E-state index contributed by atoms with van der Waals surface area (Å²) in [4.78, 5) is 3.16. The smallest absolute Gasteiger partial charge is 0.182 e. The molecule has 6 heteroatoms. The molecule has 102 valence electrons. The maximum Gasteiger partial charge on any atom is 0.182 e. The van der Waals surface area contributed by atoms with E-state index in [0.29, 0.717) is 14.8 Å². The van der Waals surface area contributed by atoms with Gasteiger partial charge in [-0.3, -0.25) is 4.57 Å². The van der Waals surface area contributed by atoms with E-state index in [-0.39, 0.29) is 0 Å². The highest BCUT2D eigenvalue weighted by Crippen LogP contribution is 2.31. The molecule has 0 aliphatic heterocycles. The normalized spacial score (nSPS) is 11.2. The zero-order chi connectivity index (χ0) is 14.4. The van der Waals surface area contributed by atoms with Gasteiger partial charge in [-0.25, -0.2) is 0 Å². The second-order valence-corrected chi connectivity index (χ2v) is 6.56. The first-order valence-electron chi connectivity index (χ1n) is 5.83. The molecule has 0 aliphatic rings. The molecule has 0 amide bonds. The number of rotatable bonds is 1. The Morgan fingerprint density at radius 3 is 2.70 bits per heavy atom. The summed E-state index contributed by atoms with van der Waals surface area (Å²) in [5.41, 5.74) is 3.77. The van der Waals surface area contributed by atoms with E-state index in [9.17, 15) is 0 Å². The third-order valence-electron chi connectivity index (χ3n) is 3.11. The van der Waals surface area contributed by atoms with Gasteiger partial charge in [-0.05, 0) is 71.0 Å². The maximum atomic E-state index is 6.23. The zero-order valence-corrected chi connectivity index (χ0v) is 14.3. The number of aromatic amines is 1. The van der Waals surface area contributed by atoms with Gasteiger partial charge >= 0.3 is 0 Å². The van der Waals surface area contributed by atoms with Crippen LogP contribution in [0.4, 0.5) is 0 Å². The molecule has 1 heterocycles. The fourth-order valence-electron chi connectivity index (χ4n) is 2.13. The SMILES string of the molecule is Cc1cc(Br)c(-n2c(=S)[nH]c3cc(Cl)ccc32)cc1Cl. The Labute approximate surface area is 139 Å². The van der Waals surface area contributed by atoms with Crippen molar-refractivity contribution in [3.8, 4) is 5.69 Å². The first-order valence-corrected chi connectivity index (χ1v) is 7.79. The molecule has 0 fully saturated rings. The third kappa shape index (κ3) is 2.31. The predicted octanol–water partition coefficient (Wildman–Crippen LogP) is 6.07. The van der Waals surface area contributed by atoms with Crippen molar-refractivity contribution in [2.45, 2.75) is 6.92 Å². The van der Waals surface area contributed by atoms with Gasteiger partial charge in [-0.15, -0.1) is 0 Å². The number of imidazole rings is 1. The Morgan fingerprint density at radius 2 is 1.95 bits per heavy atom. The van der Waals surface area contributed by atoms with Crippen LogP contribution in [-0.4, -0.2) is 9.55 Å². The first kappa shape index (κ1) is 14.1. The number of halogens is 3. The molecule has 1 N–H and O–H groups in total. The minimum Gasteiger partial charge on any atom is -0.330 e. The Morgan fingerprint density at radius 1 is 1.20 bits per heavy atom. The van der Waals surface area contributed by atoms with E-state index in [1.165, 1.54) is 0 Å². The Bertz CT molecular complexity index is 883. The average Bonchev–Trinajstić information content (AvgIpc) is 2.69. The van der Waals surface area contributed by atoms with E-state index in [1.54, 1.807) is 0 Å². The van der Waals surface area contributed by atoms with Crippen LogP contribution in [0.3, 0.4) is 0 Å². The van der Waals surface area contributed by atoms with E-state index < -0.39 is 0 Å². The van der Waals surface area contributed by atoms with Crippen LogP contribution in [0.15, 0.2) is 34.8 Å². The fraction of sp³-hybridized carbons (Fsp3) is 0.0714. The van der Waals surface area contributed by atoms with E-state index in [0.717, 1.165) is 26.8 Å². The molecule has 1 aromatic heterocycles. The Hall–Kier alpha value is -0.810. The molecule has 2 aromatic carbocycles. The fourth-order valence-corrected chi connectivity index (χ4v) is 3.40. The summed E-state index contributed by atoms with van der Waals surface area (Å²) >= 11 is 21.2. The summed E-state index contributed by atoms with van der Waals surface area (Å²) < 4.78 is 3.48. The van der Waals surface area contributed by atoms with Crippen molar-refractivity contribution < 1.29 is 0 Å². The quantitative estimate of drug-likeness (QED) is 0.502. The van der Waals surface area contributed by atoms with Gasteiger partial charge in [-0.2, -0.15) is 0 Å². The van der Waals surface area contributed by atoms with Crippen molar-refractivity contribution in [3.05, 3.63) is 55.2 Å². The molecule has 2 nitrogen and oxygen atoms in total. The van der Waals surface area contributed by atoms with Crippen molar-refractivity contribution >= 4 is 62.4 Å². The minimum absolute atomic E-state index is 0.600. The molecule has 0 saturated carbocycles. The first-order chi connectivity index (χ1) is 9.47. The predicted molar refractivity (Wildman–Crippen MR) is 90.9 cm³/mol. The van der Waals surface area contributed by atoms with Crippen LogP contribution < -0.4 is 0 Å². The number of hydrogen-bond donors (Lipinski definition) is 1. The van der Waals surface area contributed by atoms with Crippen LogP contribution in [0.5, 0.6) is 0 Å². The second kappa shape index (κ2) is 5.19. The number of nitrogens with one attached hydrogen (secondary N) is 1. The molecular formula is C14H9BrCl2N2S. The standard InChI is InChI=1S/C14H9BrCl2N2S/c1-7-4-9(15)13(6-10(7)17)19-12-3-2-8(16)5-11(12)18-14(19)20/h2-6H,1H3,(H,18,20). The van der Waals surface area contributed by atoms with Gasteiger partial charge in [0.2, 0.25) is 0 Å². The lowest BCUT2D eigenvalue weighted by Gasteiger charge is -2.10. The second-order valence-electron chi connectivity index (χ2n) is 4.48.